The fraction of sp³-hybridized carbons (Fsp3) is 0.415. The molecule has 2 fully saturated rings. The van der Waals surface area contributed by atoms with E-state index < -0.39 is 20.0 Å². The summed E-state index contributed by atoms with van der Waals surface area (Å²) in [4.78, 5) is 9.91. The summed E-state index contributed by atoms with van der Waals surface area (Å²) in [5.41, 5.74) is 1.96. The summed E-state index contributed by atoms with van der Waals surface area (Å²) in [5.74, 6) is -0.188. The second kappa shape index (κ2) is 15.8. The molecule has 53 heavy (non-hydrogen) atoms. The van der Waals surface area contributed by atoms with Crippen LogP contribution in [0.1, 0.15) is 77.8 Å². The van der Waals surface area contributed by atoms with Crippen molar-refractivity contribution in [1.29, 1.82) is 0 Å². The highest BCUT2D eigenvalue weighted by molar-refractivity contribution is 7.99. The molecular weight excluding hydrogens is 707 g/mol. The largest absolute Gasteiger partial charge is 0.405 e. The van der Waals surface area contributed by atoms with Crippen LogP contribution in [-0.4, -0.2) is 63.9 Å². The van der Waals surface area contributed by atoms with E-state index in [1.165, 1.54) is 22.5 Å². The smallest absolute Gasteiger partial charge is 0.261 e. The first kappa shape index (κ1) is 37.3. The molecule has 2 aliphatic rings. The van der Waals surface area contributed by atoms with Gasteiger partial charge in [0.1, 0.15) is 6.10 Å². The van der Waals surface area contributed by atoms with E-state index in [0.717, 1.165) is 30.6 Å². The number of hydrogen-bond donors (Lipinski definition) is 1. The zero-order valence-electron chi connectivity index (χ0n) is 31.0. The predicted molar refractivity (Wildman–Crippen MR) is 211 cm³/mol. The topological polar surface area (TPSA) is 87.0 Å². The number of halogens is 2. The van der Waals surface area contributed by atoms with Crippen molar-refractivity contribution in [3.8, 4) is 0 Å². The highest BCUT2D eigenvalue weighted by Gasteiger charge is 2.51. The number of benzene rings is 3. The van der Waals surface area contributed by atoms with Gasteiger partial charge >= 0.3 is 0 Å². The first-order valence-corrected chi connectivity index (χ1v) is 21.6. The molecule has 1 N–H and O–H groups in total. The van der Waals surface area contributed by atoms with Crippen LogP contribution in [0, 0.1) is 11.6 Å². The van der Waals surface area contributed by atoms with Crippen LogP contribution in [0.3, 0.4) is 0 Å². The van der Waals surface area contributed by atoms with Gasteiger partial charge in [0.15, 0.2) is 33.8 Å². The summed E-state index contributed by atoms with van der Waals surface area (Å²) in [6.07, 6.45) is 7.18. The molecule has 5 aromatic rings. The zero-order valence-corrected chi connectivity index (χ0v) is 32.8. The third-order valence-corrected chi connectivity index (χ3v) is 16.3. The minimum atomic E-state index is -2.84. The van der Waals surface area contributed by atoms with E-state index >= 15 is 0 Å². The summed E-state index contributed by atoms with van der Waals surface area (Å²) in [6.45, 7) is 11.5. The molecule has 12 heteroatoms. The monoisotopic (exact) mass is 754 g/mol. The van der Waals surface area contributed by atoms with E-state index in [1.54, 1.807) is 17.8 Å². The van der Waals surface area contributed by atoms with Gasteiger partial charge in [-0.15, -0.1) is 5.10 Å². The number of nitrogens with one attached hydrogen (secondary N) is 1. The molecule has 0 amide bonds. The molecule has 5 atom stereocenters. The number of aromatic nitrogens is 5. The van der Waals surface area contributed by atoms with E-state index in [1.807, 2.05) is 4.68 Å². The minimum absolute atomic E-state index is 0.00175. The van der Waals surface area contributed by atoms with Crippen LogP contribution >= 0.6 is 11.8 Å². The fourth-order valence-corrected chi connectivity index (χ4v) is 12.8. The quantitative estimate of drug-likeness (QED) is 0.0526. The summed E-state index contributed by atoms with van der Waals surface area (Å²) >= 11 is 1.59. The molecule has 3 aromatic carbocycles. The second-order valence-electron chi connectivity index (χ2n) is 15.0. The van der Waals surface area contributed by atoms with Crippen molar-refractivity contribution in [2.75, 3.05) is 17.7 Å². The predicted octanol–water partition coefficient (Wildman–Crippen LogP) is 8.21. The molecule has 278 valence electrons. The van der Waals surface area contributed by atoms with E-state index in [9.17, 15) is 8.78 Å². The minimum Gasteiger partial charge on any atom is -0.405 e. The molecule has 2 aromatic heterocycles. The van der Waals surface area contributed by atoms with Gasteiger partial charge in [-0.3, -0.25) is 0 Å². The molecule has 3 heterocycles. The highest BCUT2D eigenvalue weighted by Crippen LogP contribution is 2.44. The number of anilines is 1. The van der Waals surface area contributed by atoms with Crippen LogP contribution < -0.4 is 15.7 Å². The molecular formula is C41H48F2N6O2SSi. The van der Waals surface area contributed by atoms with Crippen molar-refractivity contribution >= 4 is 47.4 Å². The van der Waals surface area contributed by atoms with Crippen LogP contribution in [0.2, 0.25) is 5.04 Å². The standard InChI is InChI=1S/C41H48F2N6O2SSi/c1-6-8-15-28-24-35(36(51-28)26-50-53(41(3,4)5,29-16-11-9-12-17-29)30-18-13-10-14-19-30)49-39-37(47-48-49)38(45-40(46-39)52-22-7-2)44-34-25-31(34)27-20-21-32(42)33(43)23-27/h8-21,23,28,31,34-36H,6-7,22,24-26H2,1-5H3,(H,44,45,46)/b15-8+/t28-,31-,34+,35+,36-/m0/s1. The van der Waals surface area contributed by atoms with Gasteiger partial charge in [0.05, 0.1) is 18.8 Å². The van der Waals surface area contributed by atoms with Gasteiger partial charge in [0.25, 0.3) is 8.32 Å². The van der Waals surface area contributed by atoms with E-state index in [2.05, 4.69) is 118 Å². The van der Waals surface area contributed by atoms with Gasteiger partial charge in [-0.05, 0) is 52.4 Å². The maximum atomic E-state index is 14.1. The number of rotatable bonds is 14. The average Bonchev–Trinajstić information content (AvgIpc) is 3.60. The summed E-state index contributed by atoms with van der Waals surface area (Å²) < 4.78 is 43.9. The Morgan fingerprint density at radius 1 is 0.962 bits per heavy atom. The van der Waals surface area contributed by atoms with Crippen LogP contribution in [0.25, 0.3) is 11.2 Å². The normalized spacial score (nSPS) is 21.8. The van der Waals surface area contributed by atoms with E-state index in [4.69, 9.17) is 24.3 Å². The number of ether oxygens (including phenoxy) is 1. The lowest BCUT2D eigenvalue weighted by molar-refractivity contribution is 0.0214. The van der Waals surface area contributed by atoms with Crippen molar-refractivity contribution in [1.82, 2.24) is 25.0 Å². The zero-order chi connectivity index (χ0) is 37.2. The molecule has 1 aliphatic heterocycles. The first-order chi connectivity index (χ1) is 25.6. The Balaban J connectivity index is 1.24. The molecule has 1 saturated carbocycles. The molecule has 0 bridgehead atoms. The van der Waals surface area contributed by atoms with Gasteiger partial charge in [-0.2, -0.15) is 0 Å². The number of nitrogens with zero attached hydrogens (tertiary/aromatic N) is 5. The Kier molecular flexibility index (Phi) is 11.1. The Bertz CT molecular complexity index is 2000. The molecule has 7 rings (SSSR count). The molecule has 1 saturated heterocycles. The maximum Gasteiger partial charge on any atom is 0.261 e. The van der Waals surface area contributed by atoms with Crippen LogP contribution in [-0.2, 0) is 9.16 Å². The van der Waals surface area contributed by atoms with Gasteiger partial charge in [0, 0.05) is 24.1 Å². The van der Waals surface area contributed by atoms with Crippen LogP contribution in [0.15, 0.2) is 96.2 Å². The Hall–Kier alpha value is -3.97. The Labute approximate surface area is 315 Å². The number of allylic oxidation sites excluding steroid dienone is 1. The molecule has 0 spiro atoms. The van der Waals surface area contributed by atoms with E-state index in [0.29, 0.717) is 35.2 Å². The van der Waals surface area contributed by atoms with Gasteiger partial charge < -0.3 is 14.5 Å². The summed E-state index contributed by atoms with van der Waals surface area (Å²) in [5, 5.41) is 15.8. The third kappa shape index (κ3) is 7.69. The van der Waals surface area contributed by atoms with Crippen molar-refractivity contribution in [3.05, 3.63) is 108 Å². The van der Waals surface area contributed by atoms with Crippen LogP contribution in [0.4, 0.5) is 14.6 Å². The maximum absolute atomic E-state index is 14.1. The SMILES string of the molecule is CC/C=C/[C@H]1C[C@@H](n2nnc3c(N[C@@H]4C[C@H]4c4ccc(F)c(F)c4)nc(SCCC)nc32)[C@H](CO[Si](c2ccccc2)(c2ccccc2)C(C)(C)C)O1. The molecule has 8 nitrogen and oxygen atoms in total. The average molecular weight is 755 g/mol. The number of fused-ring (bicyclic) bond motifs is 1. The lowest BCUT2D eigenvalue weighted by atomic mass is 10.1. The lowest BCUT2D eigenvalue weighted by Crippen LogP contribution is -2.67. The fourth-order valence-electron chi connectivity index (χ4n) is 7.58. The third-order valence-electron chi connectivity index (χ3n) is 10.3. The van der Waals surface area contributed by atoms with Gasteiger partial charge in [-0.25, -0.2) is 23.4 Å². The Morgan fingerprint density at radius 3 is 2.32 bits per heavy atom. The lowest BCUT2D eigenvalue weighted by Gasteiger charge is -2.43. The molecule has 0 unspecified atom stereocenters. The first-order valence-electron chi connectivity index (χ1n) is 18.7. The van der Waals surface area contributed by atoms with Crippen molar-refractivity contribution in [2.24, 2.45) is 0 Å². The molecule has 0 radical (unpaired) electrons. The van der Waals surface area contributed by atoms with Crippen molar-refractivity contribution in [2.45, 2.75) is 101 Å². The van der Waals surface area contributed by atoms with Crippen molar-refractivity contribution < 1.29 is 17.9 Å². The summed E-state index contributed by atoms with van der Waals surface area (Å²) in [7, 11) is -2.84. The number of hydrogen-bond acceptors (Lipinski definition) is 8. The Morgan fingerprint density at radius 2 is 1.68 bits per heavy atom. The van der Waals surface area contributed by atoms with Gasteiger partial charge in [-0.1, -0.05) is 130 Å². The molecule has 1 aliphatic carbocycles. The number of thioether (sulfide) groups is 1. The van der Waals surface area contributed by atoms with E-state index in [-0.39, 0.29) is 35.2 Å². The van der Waals surface area contributed by atoms with Crippen LogP contribution in [0.5, 0.6) is 0 Å². The summed E-state index contributed by atoms with van der Waals surface area (Å²) in [6, 6.07) is 25.2. The van der Waals surface area contributed by atoms with Crippen molar-refractivity contribution in [3.63, 3.8) is 0 Å². The second-order valence-corrected chi connectivity index (χ2v) is 20.4. The van der Waals surface area contributed by atoms with Gasteiger partial charge in [0.2, 0.25) is 0 Å². The highest BCUT2D eigenvalue weighted by atomic mass is 32.2.